The van der Waals surface area contributed by atoms with Gasteiger partial charge in [0.25, 0.3) is 5.91 Å². The molecule has 1 unspecified atom stereocenters. The van der Waals surface area contributed by atoms with Gasteiger partial charge in [0, 0.05) is 25.3 Å². The summed E-state index contributed by atoms with van der Waals surface area (Å²) in [4.78, 5) is 32.2. The van der Waals surface area contributed by atoms with Gasteiger partial charge in [-0.25, -0.2) is 9.97 Å². The molecule has 4 heterocycles. The summed E-state index contributed by atoms with van der Waals surface area (Å²) < 4.78 is 5.11. The van der Waals surface area contributed by atoms with Crippen molar-refractivity contribution in [3.63, 3.8) is 0 Å². The van der Waals surface area contributed by atoms with Crippen molar-refractivity contribution in [2.24, 2.45) is 5.73 Å². The highest BCUT2D eigenvalue weighted by molar-refractivity contribution is 6.07. The molecule has 0 aromatic carbocycles. The average molecular weight is 420 g/mol. The molecule has 0 bridgehead atoms. The van der Waals surface area contributed by atoms with Crippen LogP contribution in [0.15, 0.2) is 43.0 Å². The number of pyridine rings is 2. The second-order valence-corrected chi connectivity index (χ2v) is 7.28. The number of piperidine rings is 1. The van der Waals surface area contributed by atoms with Crippen LogP contribution in [0.4, 0.5) is 17.1 Å². The molecular formula is C21H24N8O2. The number of aromatic nitrogens is 4. The first-order chi connectivity index (χ1) is 15.0. The second kappa shape index (κ2) is 8.92. The first-order valence-corrected chi connectivity index (χ1v) is 9.94. The number of carbonyl (C=O) groups is 1. The van der Waals surface area contributed by atoms with E-state index in [1.165, 1.54) is 13.3 Å². The van der Waals surface area contributed by atoms with Crippen molar-refractivity contribution in [2.45, 2.75) is 18.9 Å². The number of anilines is 3. The van der Waals surface area contributed by atoms with E-state index < -0.39 is 5.91 Å². The molecule has 1 atom stereocenters. The maximum atomic E-state index is 13.1. The van der Waals surface area contributed by atoms with E-state index >= 15 is 0 Å². The van der Waals surface area contributed by atoms with Crippen LogP contribution in [0.3, 0.4) is 0 Å². The Morgan fingerprint density at radius 1 is 1.16 bits per heavy atom. The number of hydrogen-bond acceptors (Lipinski definition) is 9. The number of nitrogens with one attached hydrogen (secondary N) is 1. The summed E-state index contributed by atoms with van der Waals surface area (Å²) in [6.45, 7) is 1.59. The Balaban J connectivity index is 1.61. The number of rotatable bonds is 5. The third kappa shape index (κ3) is 4.53. The zero-order valence-electron chi connectivity index (χ0n) is 17.2. The van der Waals surface area contributed by atoms with Crippen molar-refractivity contribution < 1.29 is 9.53 Å². The molecule has 1 saturated heterocycles. The molecule has 1 aliphatic heterocycles. The third-order valence-corrected chi connectivity index (χ3v) is 5.07. The van der Waals surface area contributed by atoms with Crippen molar-refractivity contribution in [2.75, 3.05) is 36.1 Å². The average Bonchev–Trinajstić information content (AvgIpc) is 2.79. The molecule has 10 heteroatoms. The molecule has 0 radical (unpaired) electrons. The number of methoxy groups -OCH3 is 1. The lowest BCUT2D eigenvalue weighted by Crippen LogP contribution is -2.43. The van der Waals surface area contributed by atoms with Crippen LogP contribution in [0, 0.1) is 0 Å². The number of nitrogens with two attached hydrogens (primary N) is 2. The lowest BCUT2D eigenvalue weighted by atomic mass is 10.1. The standard InChI is InChI=1S/C21H24N8O2/c1-31-19-11-25-9-16(26-19)15-5-4-14(23)20(27-15)21(30)28-17-10-24-7-6-18(17)29-8-2-3-13(22)12-29/h4-7,9-11,13H,2-3,8,12,22-23H2,1H3,(H,28,30). The van der Waals surface area contributed by atoms with E-state index in [1.807, 2.05) is 6.07 Å². The van der Waals surface area contributed by atoms with Crippen LogP contribution >= 0.6 is 0 Å². The molecule has 3 aromatic heterocycles. The van der Waals surface area contributed by atoms with Gasteiger partial charge in [0.1, 0.15) is 5.69 Å². The predicted molar refractivity (Wildman–Crippen MR) is 118 cm³/mol. The fourth-order valence-corrected chi connectivity index (χ4v) is 3.53. The van der Waals surface area contributed by atoms with Crippen LogP contribution in [0.1, 0.15) is 23.3 Å². The summed E-state index contributed by atoms with van der Waals surface area (Å²) in [5.41, 5.74) is 14.9. The van der Waals surface area contributed by atoms with Crippen molar-refractivity contribution in [3.05, 3.63) is 48.7 Å². The highest BCUT2D eigenvalue weighted by Crippen LogP contribution is 2.28. The minimum atomic E-state index is -0.439. The SMILES string of the molecule is COc1cncc(-c2ccc(N)c(C(=O)Nc3cnccc3N3CCCC(N)C3)n2)n1. The fourth-order valence-electron chi connectivity index (χ4n) is 3.53. The van der Waals surface area contributed by atoms with Gasteiger partial charge < -0.3 is 26.4 Å². The van der Waals surface area contributed by atoms with Crippen LogP contribution in [0.5, 0.6) is 5.88 Å². The van der Waals surface area contributed by atoms with Gasteiger partial charge in [-0.05, 0) is 31.0 Å². The maximum Gasteiger partial charge on any atom is 0.276 e. The topological polar surface area (TPSA) is 145 Å². The van der Waals surface area contributed by atoms with E-state index in [-0.39, 0.29) is 17.4 Å². The molecular weight excluding hydrogens is 396 g/mol. The molecule has 5 N–H and O–H groups in total. The molecule has 0 spiro atoms. The van der Waals surface area contributed by atoms with Gasteiger partial charge in [-0.3, -0.25) is 14.8 Å². The molecule has 0 aliphatic carbocycles. The lowest BCUT2D eigenvalue weighted by Gasteiger charge is -2.33. The molecule has 10 nitrogen and oxygen atoms in total. The van der Waals surface area contributed by atoms with E-state index in [2.05, 4.69) is 30.2 Å². The van der Waals surface area contributed by atoms with Crippen LogP contribution < -0.4 is 26.4 Å². The Kier molecular flexibility index (Phi) is 5.89. The third-order valence-electron chi connectivity index (χ3n) is 5.07. The van der Waals surface area contributed by atoms with E-state index in [0.29, 0.717) is 23.0 Å². The zero-order valence-corrected chi connectivity index (χ0v) is 17.2. The summed E-state index contributed by atoms with van der Waals surface area (Å²) in [7, 11) is 1.50. The molecule has 3 aromatic rings. The summed E-state index contributed by atoms with van der Waals surface area (Å²) in [5, 5.41) is 2.89. The fraction of sp³-hybridized carbons (Fsp3) is 0.286. The summed E-state index contributed by atoms with van der Waals surface area (Å²) in [6, 6.07) is 5.27. The number of ether oxygens (including phenoxy) is 1. The van der Waals surface area contributed by atoms with Gasteiger partial charge in [-0.15, -0.1) is 0 Å². The van der Waals surface area contributed by atoms with Gasteiger partial charge >= 0.3 is 0 Å². The number of carbonyl (C=O) groups excluding carboxylic acids is 1. The quantitative estimate of drug-likeness (QED) is 0.561. The Bertz CT molecular complexity index is 1090. The minimum Gasteiger partial charge on any atom is -0.480 e. The van der Waals surface area contributed by atoms with Crippen LogP contribution in [-0.4, -0.2) is 52.1 Å². The normalized spacial score (nSPS) is 16.1. The first-order valence-electron chi connectivity index (χ1n) is 9.94. The summed E-state index contributed by atoms with van der Waals surface area (Å²) >= 11 is 0. The van der Waals surface area contributed by atoms with Crippen molar-refractivity contribution in [1.82, 2.24) is 19.9 Å². The molecule has 31 heavy (non-hydrogen) atoms. The largest absolute Gasteiger partial charge is 0.480 e. The Hall–Kier alpha value is -3.79. The minimum absolute atomic E-state index is 0.0901. The molecule has 1 aliphatic rings. The highest BCUT2D eigenvalue weighted by Gasteiger charge is 2.21. The van der Waals surface area contributed by atoms with Crippen LogP contribution in [0.2, 0.25) is 0 Å². The smallest absolute Gasteiger partial charge is 0.276 e. The number of hydrogen-bond donors (Lipinski definition) is 3. The monoisotopic (exact) mass is 420 g/mol. The van der Waals surface area contributed by atoms with E-state index in [1.54, 1.807) is 30.7 Å². The Morgan fingerprint density at radius 3 is 2.84 bits per heavy atom. The van der Waals surface area contributed by atoms with E-state index in [0.717, 1.165) is 31.6 Å². The van der Waals surface area contributed by atoms with Gasteiger partial charge in [0.2, 0.25) is 5.88 Å². The van der Waals surface area contributed by atoms with Gasteiger partial charge in [-0.1, -0.05) is 0 Å². The van der Waals surface area contributed by atoms with Gasteiger partial charge in [0.15, 0.2) is 5.69 Å². The van der Waals surface area contributed by atoms with Crippen molar-refractivity contribution in [3.8, 4) is 17.3 Å². The zero-order chi connectivity index (χ0) is 21.8. The number of amides is 1. The maximum absolute atomic E-state index is 13.1. The molecule has 160 valence electrons. The van der Waals surface area contributed by atoms with Crippen LogP contribution in [0.25, 0.3) is 11.4 Å². The Morgan fingerprint density at radius 2 is 2.03 bits per heavy atom. The second-order valence-electron chi connectivity index (χ2n) is 7.28. The van der Waals surface area contributed by atoms with Crippen LogP contribution in [-0.2, 0) is 0 Å². The molecule has 0 saturated carbocycles. The highest BCUT2D eigenvalue weighted by atomic mass is 16.5. The first kappa shape index (κ1) is 20.5. The Labute approximate surface area is 179 Å². The summed E-state index contributed by atoms with van der Waals surface area (Å²) in [6.07, 6.45) is 8.33. The predicted octanol–water partition coefficient (Wildman–Crippen LogP) is 1.70. The summed E-state index contributed by atoms with van der Waals surface area (Å²) in [5.74, 6) is -0.0902. The molecule has 1 fully saturated rings. The lowest BCUT2D eigenvalue weighted by molar-refractivity contribution is 0.102. The van der Waals surface area contributed by atoms with E-state index in [9.17, 15) is 4.79 Å². The van der Waals surface area contributed by atoms with Crippen molar-refractivity contribution >= 4 is 23.0 Å². The molecule has 1 amide bonds. The number of nitrogen functional groups attached to an aromatic ring is 1. The van der Waals surface area contributed by atoms with Gasteiger partial charge in [0.05, 0.1) is 48.5 Å². The van der Waals surface area contributed by atoms with Gasteiger partial charge in [-0.2, -0.15) is 0 Å². The van der Waals surface area contributed by atoms with E-state index in [4.69, 9.17) is 16.2 Å². The molecule has 4 rings (SSSR count). The number of nitrogens with zero attached hydrogens (tertiary/aromatic N) is 5. The van der Waals surface area contributed by atoms with Crippen molar-refractivity contribution in [1.29, 1.82) is 0 Å².